The Morgan fingerprint density at radius 3 is 2.58 bits per heavy atom. The van der Waals surface area contributed by atoms with E-state index >= 15 is 0 Å². The highest BCUT2D eigenvalue weighted by Gasteiger charge is 2.29. The Hall–Kier alpha value is -1.42. The molecular weight excluding hydrogens is 270 g/mol. The van der Waals surface area contributed by atoms with Gasteiger partial charge in [0, 0.05) is 30.9 Å². The van der Waals surface area contributed by atoms with E-state index in [-0.39, 0.29) is 5.82 Å². The highest BCUT2D eigenvalue weighted by atomic mass is 35.5. The number of aryl methyl sites for hydroxylation is 2. The molecule has 0 amide bonds. The third kappa shape index (κ3) is 3.77. The zero-order valence-corrected chi connectivity index (χ0v) is 11.4. The number of nitrogens with zero attached hydrogens (tertiary/aromatic N) is 2. The maximum Gasteiger partial charge on any atom is 0.302 e. The van der Waals surface area contributed by atoms with Crippen LogP contribution in [0.4, 0.5) is 8.78 Å². The topological polar surface area (TPSA) is 17.8 Å². The molecule has 0 unspecified atom stereocenters. The van der Waals surface area contributed by atoms with Crippen LogP contribution in [0.15, 0.2) is 36.7 Å². The van der Waals surface area contributed by atoms with Crippen LogP contribution in [0.3, 0.4) is 0 Å². The van der Waals surface area contributed by atoms with Crippen LogP contribution >= 0.6 is 11.6 Å². The van der Waals surface area contributed by atoms with Crippen LogP contribution in [0.5, 0.6) is 0 Å². The summed E-state index contributed by atoms with van der Waals surface area (Å²) >= 11 is 5.80. The fraction of sp³-hybridized carbons (Fsp3) is 0.357. The molecule has 0 aliphatic carbocycles. The number of alkyl halides is 2. The summed E-state index contributed by atoms with van der Waals surface area (Å²) in [7, 11) is 0. The van der Waals surface area contributed by atoms with Crippen LogP contribution in [-0.2, 0) is 18.9 Å². The molecule has 102 valence electrons. The second-order valence-electron chi connectivity index (χ2n) is 4.56. The van der Waals surface area contributed by atoms with E-state index < -0.39 is 5.92 Å². The van der Waals surface area contributed by atoms with Crippen molar-refractivity contribution in [2.45, 2.75) is 32.2 Å². The molecule has 2 nitrogen and oxygen atoms in total. The third-order valence-corrected chi connectivity index (χ3v) is 3.14. The van der Waals surface area contributed by atoms with E-state index in [1.54, 1.807) is 6.20 Å². The van der Waals surface area contributed by atoms with E-state index in [2.05, 4.69) is 4.98 Å². The summed E-state index contributed by atoms with van der Waals surface area (Å²) in [6.07, 6.45) is 4.61. The van der Waals surface area contributed by atoms with Crippen molar-refractivity contribution in [2.75, 3.05) is 0 Å². The summed E-state index contributed by atoms with van der Waals surface area (Å²) in [6, 6.07) is 7.57. The molecule has 0 saturated carbocycles. The van der Waals surface area contributed by atoms with Crippen LogP contribution in [0.1, 0.15) is 24.7 Å². The molecule has 19 heavy (non-hydrogen) atoms. The quantitative estimate of drug-likeness (QED) is 0.801. The van der Waals surface area contributed by atoms with Gasteiger partial charge >= 0.3 is 5.92 Å². The van der Waals surface area contributed by atoms with Crippen LogP contribution in [0.2, 0.25) is 5.02 Å². The highest BCUT2D eigenvalue weighted by molar-refractivity contribution is 6.30. The van der Waals surface area contributed by atoms with Gasteiger partial charge in [0.2, 0.25) is 0 Å². The second kappa shape index (κ2) is 5.70. The molecule has 2 rings (SSSR count). The molecule has 1 heterocycles. The van der Waals surface area contributed by atoms with Gasteiger partial charge in [-0.1, -0.05) is 23.7 Å². The lowest BCUT2D eigenvalue weighted by molar-refractivity contribution is 0.00400. The highest BCUT2D eigenvalue weighted by Crippen LogP contribution is 2.25. The van der Waals surface area contributed by atoms with E-state index in [1.807, 2.05) is 24.3 Å². The number of hydrogen-bond acceptors (Lipinski definition) is 1. The lowest BCUT2D eigenvalue weighted by Crippen LogP contribution is -2.16. The summed E-state index contributed by atoms with van der Waals surface area (Å²) < 4.78 is 28.0. The summed E-state index contributed by atoms with van der Waals surface area (Å²) in [5.41, 5.74) is 1.15. The fourth-order valence-corrected chi connectivity index (χ4v) is 2.11. The Morgan fingerprint density at radius 1 is 1.26 bits per heavy atom. The SMILES string of the molecule is CC(F)(F)c1nccn1CCCc1ccc(Cl)cc1. The molecule has 0 N–H and O–H groups in total. The van der Waals surface area contributed by atoms with E-state index in [0.717, 1.165) is 25.3 Å². The first kappa shape index (κ1) is 14.0. The molecule has 0 radical (unpaired) electrons. The Morgan fingerprint density at radius 2 is 1.95 bits per heavy atom. The van der Waals surface area contributed by atoms with E-state index in [4.69, 9.17) is 11.6 Å². The molecule has 0 fully saturated rings. The van der Waals surface area contributed by atoms with Gasteiger partial charge in [0.15, 0.2) is 5.82 Å². The Balaban J connectivity index is 1.93. The minimum atomic E-state index is -2.90. The minimum absolute atomic E-state index is 0.177. The molecule has 0 aliphatic rings. The smallest absolute Gasteiger partial charge is 0.302 e. The third-order valence-electron chi connectivity index (χ3n) is 2.89. The first-order valence-electron chi connectivity index (χ1n) is 6.11. The van der Waals surface area contributed by atoms with Crippen molar-refractivity contribution in [3.05, 3.63) is 53.1 Å². The fourth-order valence-electron chi connectivity index (χ4n) is 1.98. The van der Waals surface area contributed by atoms with Crippen molar-refractivity contribution in [1.29, 1.82) is 0 Å². The van der Waals surface area contributed by atoms with Crippen molar-refractivity contribution in [3.63, 3.8) is 0 Å². The molecule has 0 saturated heterocycles. The first-order chi connectivity index (χ1) is 8.97. The van der Waals surface area contributed by atoms with E-state index in [9.17, 15) is 8.78 Å². The maximum atomic E-state index is 13.2. The van der Waals surface area contributed by atoms with Crippen LogP contribution in [-0.4, -0.2) is 9.55 Å². The number of aromatic nitrogens is 2. The summed E-state index contributed by atoms with van der Waals surface area (Å²) in [5, 5.41) is 0.700. The number of benzene rings is 1. The number of imidazole rings is 1. The molecule has 0 spiro atoms. The maximum absolute atomic E-state index is 13.2. The van der Waals surface area contributed by atoms with Crippen LogP contribution in [0, 0.1) is 0 Å². The van der Waals surface area contributed by atoms with E-state index in [0.29, 0.717) is 11.6 Å². The number of halogens is 3. The van der Waals surface area contributed by atoms with Crippen molar-refractivity contribution in [2.24, 2.45) is 0 Å². The van der Waals surface area contributed by atoms with Crippen LogP contribution < -0.4 is 0 Å². The predicted molar refractivity (Wildman–Crippen MR) is 71.6 cm³/mol. The molecular formula is C14H15ClF2N2. The van der Waals surface area contributed by atoms with Crippen molar-refractivity contribution in [1.82, 2.24) is 9.55 Å². The van der Waals surface area contributed by atoms with Gasteiger partial charge in [-0.3, -0.25) is 0 Å². The van der Waals surface area contributed by atoms with Gasteiger partial charge in [-0.2, -0.15) is 8.78 Å². The zero-order chi connectivity index (χ0) is 13.9. The number of hydrogen-bond donors (Lipinski definition) is 0. The summed E-state index contributed by atoms with van der Waals surface area (Å²) in [6.45, 7) is 1.40. The Labute approximate surface area is 116 Å². The summed E-state index contributed by atoms with van der Waals surface area (Å²) in [4.78, 5) is 3.72. The van der Waals surface area contributed by atoms with Gasteiger partial charge in [-0.05, 0) is 30.5 Å². The summed E-state index contributed by atoms with van der Waals surface area (Å²) in [5.74, 6) is -3.08. The van der Waals surface area contributed by atoms with E-state index in [1.165, 1.54) is 10.8 Å². The van der Waals surface area contributed by atoms with Gasteiger partial charge in [-0.15, -0.1) is 0 Å². The zero-order valence-electron chi connectivity index (χ0n) is 10.6. The van der Waals surface area contributed by atoms with Gasteiger partial charge in [0.05, 0.1) is 0 Å². The average molecular weight is 285 g/mol. The molecule has 1 aromatic carbocycles. The number of rotatable bonds is 5. The molecule has 0 atom stereocenters. The lowest BCUT2D eigenvalue weighted by Gasteiger charge is -2.13. The van der Waals surface area contributed by atoms with Gasteiger partial charge in [0.1, 0.15) is 0 Å². The van der Waals surface area contributed by atoms with Gasteiger partial charge < -0.3 is 4.57 Å². The minimum Gasteiger partial charge on any atom is -0.330 e. The Kier molecular flexibility index (Phi) is 4.20. The first-order valence-corrected chi connectivity index (χ1v) is 6.48. The molecule has 0 aliphatic heterocycles. The average Bonchev–Trinajstić information content (AvgIpc) is 2.80. The lowest BCUT2D eigenvalue weighted by atomic mass is 10.1. The normalized spacial score (nSPS) is 11.8. The molecule has 0 bridgehead atoms. The largest absolute Gasteiger partial charge is 0.330 e. The molecule has 2 aromatic rings. The Bertz CT molecular complexity index is 529. The standard InChI is InChI=1S/C14H15ClF2N2/c1-14(16,17)13-18-8-10-19(13)9-2-3-11-4-6-12(15)7-5-11/h4-8,10H,2-3,9H2,1H3. The molecule has 5 heteroatoms. The van der Waals surface area contributed by atoms with Gasteiger partial charge in [0.25, 0.3) is 0 Å². The van der Waals surface area contributed by atoms with Crippen molar-refractivity contribution in [3.8, 4) is 0 Å². The second-order valence-corrected chi connectivity index (χ2v) is 5.00. The molecule has 1 aromatic heterocycles. The van der Waals surface area contributed by atoms with Crippen molar-refractivity contribution < 1.29 is 8.78 Å². The predicted octanol–water partition coefficient (Wildman–Crippen LogP) is 4.28. The monoisotopic (exact) mass is 284 g/mol. The van der Waals surface area contributed by atoms with Gasteiger partial charge in [-0.25, -0.2) is 4.98 Å². The van der Waals surface area contributed by atoms with Crippen molar-refractivity contribution >= 4 is 11.6 Å². The van der Waals surface area contributed by atoms with Crippen LogP contribution in [0.25, 0.3) is 0 Å².